The van der Waals surface area contributed by atoms with E-state index in [-0.39, 0.29) is 16.5 Å². The van der Waals surface area contributed by atoms with E-state index in [4.69, 9.17) is 0 Å². The minimum atomic E-state index is 0. The minimum Gasteiger partial charge on any atom is -0.493 e. The Kier molecular flexibility index (Phi) is 30.8. The molecule has 3 rings (SSSR count). The van der Waals surface area contributed by atoms with Crippen LogP contribution in [-0.4, -0.2) is 4.70 Å². The summed E-state index contributed by atoms with van der Waals surface area (Å²) >= 11 is 0. The zero-order valence-electron chi connectivity index (χ0n) is 40.2. The third kappa shape index (κ3) is 20.3. The van der Waals surface area contributed by atoms with E-state index in [1.54, 1.807) is 4.70 Å². The van der Waals surface area contributed by atoms with Crippen molar-refractivity contribution in [1.82, 2.24) is 0 Å². The van der Waals surface area contributed by atoms with Crippen molar-refractivity contribution in [2.45, 2.75) is 253 Å². The van der Waals surface area contributed by atoms with Gasteiger partial charge in [0.05, 0.1) is 5.57 Å². The number of rotatable bonds is 36. The van der Waals surface area contributed by atoms with E-state index in [9.17, 15) is 5.53 Å². The summed E-state index contributed by atoms with van der Waals surface area (Å²) in [6.07, 6.45) is 46.3. The second-order valence-electron chi connectivity index (χ2n) is 18.3. The average molecular weight is 864 g/mol. The van der Waals surface area contributed by atoms with Gasteiger partial charge in [0.25, 0.3) is 0 Å². The van der Waals surface area contributed by atoms with Gasteiger partial charge in [0.1, 0.15) is 0 Å². The van der Waals surface area contributed by atoms with Crippen molar-refractivity contribution >= 4 is 11.4 Å². The zero-order valence-corrected chi connectivity index (χ0v) is 41.2. The number of aryl methyl sites for hydroxylation is 4. The summed E-state index contributed by atoms with van der Waals surface area (Å²) in [4.78, 5) is 0. The maximum absolute atomic E-state index is 12.8. The molecule has 0 radical (unpaired) electrons. The van der Waals surface area contributed by atoms with Crippen molar-refractivity contribution in [3.63, 3.8) is 0 Å². The van der Waals surface area contributed by atoms with Crippen LogP contribution >= 0.6 is 0 Å². The standard InChI is InChI=1S/C57H92N2.Ni/c1-7-13-19-21-22-23-24-25-26-27-28-29-35-41-55-54(40-34-20-14-8-2)56(52-44-48(36-30-15-9-3)42-49(45-52)37-31-16-10-4)59(58)57(55)53-46-50(38-32-17-11-5)43-51(47-53)39-33-18-12-6;/h35,41-47H,7-34,36-40H2,1-6H3;. The summed E-state index contributed by atoms with van der Waals surface area (Å²) in [5, 5.41) is 0. The molecule has 0 fully saturated rings. The molecule has 0 bridgehead atoms. The molecule has 2 nitrogen and oxygen atoms in total. The van der Waals surface area contributed by atoms with Gasteiger partial charge in [-0.15, -0.1) is 0 Å². The Morgan fingerprint density at radius 1 is 0.383 bits per heavy atom. The summed E-state index contributed by atoms with van der Waals surface area (Å²) in [7, 11) is 0. The van der Waals surface area contributed by atoms with Gasteiger partial charge in [0.2, 0.25) is 11.4 Å². The molecule has 0 aromatic heterocycles. The first-order valence-electron chi connectivity index (χ1n) is 25.9. The molecule has 0 spiro atoms. The van der Waals surface area contributed by atoms with Crippen molar-refractivity contribution in [1.29, 1.82) is 0 Å². The Morgan fingerprint density at radius 3 is 1.10 bits per heavy atom. The van der Waals surface area contributed by atoms with Gasteiger partial charge in [-0.25, -0.2) is 4.70 Å². The molecule has 0 N–H and O–H groups in total. The van der Waals surface area contributed by atoms with Crippen LogP contribution in [0.2, 0.25) is 0 Å². The Hall–Kier alpha value is -2.25. The second-order valence-corrected chi connectivity index (χ2v) is 18.3. The third-order valence-electron chi connectivity index (χ3n) is 12.8. The van der Waals surface area contributed by atoms with Gasteiger partial charge in [0.15, 0.2) is 0 Å². The molecular weight excluding hydrogens is 771 g/mol. The number of nitrogens with zero attached hydrogens (tertiary/aromatic N) is 2. The first-order valence-corrected chi connectivity index (χ1v) is 25.9. The maximum Gasteiger partial charge on any atom is 0.215 e. The molecule has 0 amide bonds. The molecule has 340 valence electrons. The molecule has 3 heteroatoms. The van der Waals surface area contributed by atoms with Crippen LogP contribution in [-0.2, 0) is 42.2 Å². The van der Waals surface area contributed by atoms with Crippen molar-refractivity contribution in [2.75, 3.05) is 0 Å². The van der Waals surface area contributed by atoms with E-state index in [0.29, 0.717) is 0 Å². The number of unbranched alkanes of at least 4 members (excludes halogenated alkanes) is 22. The molecule has 60 heavy (non-hydrogen) atoms. The van der Waals surface area contributed by atoms with Crippen LogP contribution < -0.4 is 0 Å². The summed E-state index contributed by atoms with van der Waals surface area (Å²) in [5.74, 6) is 0. The Bertz CT molecular complexity index is 1490. The van der Waals surface area contributed by atoms with Crippen molar-refractivity contribution in [2.24, 2.45) is 0 Å². The van der Waals surface area contributed by atoms with Crippen molar-refractivity contribution in [3.05, 3.63) is 98.6 Å². The Morgan fingerprint density at radius 2 is 0.700 bits per heavy atom. The summed E-state index contributed by atoms with van der Waals surface area (Å²) in [6.45, 7) is 13.8. The van der Waals surface area contributed by atoms with Gasteiger partial charge >= 0.3 is 0 Å². The molecule has 0 saturated heterocycles. The first kappa shape index (κ1) is 53.9. The summed E-state index contributed by atoms with van der Waals surface area (Å²) in [6, 6.07) is 14.7. The van der Waals surface area contributed by atoms with Crippen LogP contribution in [0.1, 0.15) is 261 Å². The quantitative estimate of drug-likeness (QED) is 0.0371. The fraction of sp³-hybridized carbons (Fsp3) is 0.684. The molecule has 0 unspecified atom stereocenters. The molecule has 2 aromatic rings. The van der Waals surface area contributed by atoms with E-state index in [1.165, 1.54) is 211 Å². The number of allylic oxidation sites excluding steroid dienone is 4. The zero-order chi connectivity index (χ0) is 42.3. The summed E-state index contributed by atoms with van der Waals surface area (Å²) in [5.41, 5.74) is 25.6. The maximum atomic E-state index is 12.8. The first-order chi connectivity index (χ1) is 29.0. The second kappa shape index (κ2) is 34.3. The molecule has 0 aliphatic carbocycles. The van der Waals surface area contributed by atoms with Gasteiger partial charge < -0.3 is 5.53 Å². The van der Waals surface area contributed by atoms with Crippen LogP contribution in [0.15, 0.2) is 59.7 Å². The van der Waals surface area contributed by atoms with Crippen LogP contribution in [0.25, 0.3) is 16.9 Å². The molecule has 1 aliphatic rings. The predicted molar refractivity (Wildman–Crippen MR) is 262 cm³/mol. The Labute approximate surface area is 382 Å². The Balaban J connectivity index is 0.0000124. The van der Waals surface area contributed by atoms with E-state index in [0.717, 1.165) is 56.3 Å². The van der Waals surface area contributed by atoms with Gasteiger partial charge in [-0.1, -0.05) is 201 Å². The van der Waals surface area contributed by atoms with E-state index >= 15 is 0 Å². The molecule has 1 aliphatic heterocycles. The SMILES string of the molecule is CCCCCCCCCCCCCC=CC1=C(c2cc(CCCCC)cc(CCCCC)c2)[N+](=[N-])C(c2cc(CCCCC)cc(CCCCC)c2)=C1CCCCCC.[Ni]. The average Bonchev–Trinajstić information content (AvgIpc) is 3.51. The molecule has 0 atom stereocenters. The van der Waals surface area contributed by atoms with Gasteiger partial charge in [-0.05, 0) is 124 Å². The smallest absolute Gasteiger partial charge is 0.215 e. The fourth-order valence-corrected chi connectivity index (χ4v) is 9.18. The monoisotopic (exact) mass is 863 g/mol. The molecular formula is C57H92N2Ni. The van der Waals surface area contributed by atoms with E-state index in [2.05, 4.69) is 90.1 Å². The van der Waals surface area contributed by atoms with E-state index in [1.807, 2.05) is 0 Å². The number of benzene rings is 2. The van der Waals surface area contributed by atoms with Crippen LogP contribution in [0, 0.1) is 0 Å². The van der Waals surface area contributed by atoms with Crippen molar-refractivity contribution in [3.8, 4) is 0 Å². The fourth-order valence-electron chi connectivity index (χ4n) is 9.18. The largest absolute Gasteiger partial charge is 0.493 e. The minimum absolute atomic E-state index is 0. The van der Waals surface area contributed by atoms with Gasteiger partial charge in [-0.3, -0.25) is 0 Å². The third-order valence-corrected chi connectivity index (χ3v) is 12.8. The molecule has 2 aromatic carbocycles. The molecule has 1 heterocycles. The topological polar surface area (TPSA) is 25.3 Å². The van der Waals surface area contributed by atoms with Gasteiger partial charge in [0, 0.05) is 33.2 Å². The van der Waals surface area contributed by atoms with Gasteiger partial charge in [-0.2, -0.15) is 0 Å². The van der Waals surface area contributed by atoms with E-state index < -0.39 is 0 Å². The number of hydrogen-bond donors (Lipinski definition) is 0. The van der Waals surface area contributed by atoms with Crippen molar-refractivity contribution < 1.29 is 21.2 Å². The van der Waals surface area contributed by atoms with Crippen LogP contribution in [0.4, 0.5) is 0 Å². The van der Waals surface area contributed by atoms with Crippen LogP contribution in [0.5, 0.6) is 0 Å². The number of hydrogen-bond acceptors (Lipinski definition) is 0. The normalized spacial score (nSPS) is 13.1. The van der Waals surface area contributed by atoms with Crippen LogP contribution in [0.3, 0.4) is 0 Å². The summed E-state index contributed by atoms with van der Waals surface area (Å²) < 4.78 is 1.67. The molecule has 0 saturated carbocycles. The predicted octanol–water partition coefficient (Wildman–Crippen LogP) is 19.0.